The number of benzene rings is 1. The Kier molecular flexibility index (Phi) is 4.63. The number of rotatable bonds is 5. The van der Waals surface area contributed by atoms with Gasteiger partial charge in [0, 0.05) is 23.5 Å². The smallest absolute Gasteiger partial charge is 0.416 e. The van der Waals surface area contributed by atoms with Crippen molar-refractivity contribution in [3.8, 4) is 5.75 Å². The number of halogens is 3. The SMILES string of the molecule is C=C(C(Oc1cccc(C(F)(F)F)c1)=C1CC1)C(O)c1cccnc1. The van der Waals surface area contributed by atoms with Crippen molar-refractivity contribution in [3.05, 3.63) is 83.4 Å². The summed E-state index contributed by atoms with van der Waals surface area (Å²) in [5.74, 6) is 0.402. The van der Waals surface area contributed by atoms with E-state index in [0.717, 1.165) is 30.5 Å². The molecule has 0 aliphatic heterocycles. The third-order valence-electron chi connectivity index (χ3n) is 3.82. The van der Waals surface area contributed by atoms with Crippen LogP contribution in [0.2, 0.25) is 0 Å². The highest BCUT2D eigenvalue weighted by Gasteiger charge is 2.31. The number of ether oxygens (including phenoxy) is 1. The Morgan fingerprint density at radius 2 is 1.96 bits per heavy atom. The van der Waals surface area contributed by atoms with Gasteiger partial charge in [0.1, 0.15) is 17.6 Å². The average Bonchev–Trinajstić information content (AvgIpc) is 3.44. The molecule has 1 aliphatic rings. The van der Waals surface area contributed by atoms with Crippen molar-refractivity contribution >= 4 is 0 Å². The molecule has 6 heteroatoms. The van der Waals surface area contributed by atoms with Gasteiger partial charge in [-0.3, -0.25) is 4.98 Å². The maximum absolute atomic E-state index is 12.9. The largest absolute Gasteiger partial charge is 0.457 e. The number of pyridine rings is 1. The molecule has 0 bridgehead atoms. The van der Waals surface area contributed by atoms with Gasteiger partial charge in [0.2, 0.25) is 0 Å². The molecule has 1 aromatic heterocycles. The Labute approximate surface area is 143 Å². The van der Waals surface area contributed by atoms with Crippen LogP contribution < -0.4 is 4.74 Å². The molecule has 0 amide bonds. The third kappa shape index (κ3) is 4.09. The van der Waals surface area contributed by atoms with Gasteiger partial charge in [-0.25, -0.2) is 0 Å². The van der Waals surface area contributed by atoms with Crippen molar-refractivity contribution < 1.29 is 23.0 Å². The lowest BCUT2D eigenvalue weighted by Crippen LogP contribution is -2.09. The van der Waals surface area contributed by atoms with E-state index in [4.69, 9.17) is 4.74 Å². The second kappa shape index (κ2) is 6.72. The summed E-state index contributed by atoms with van der Waals surface area (Å²) in [7, 11) is 0. The Morgan fingerprint density at radius 3 is 2.56 bits per heavy atom. The molecule has 130 valence electrons. The first-order valence-electron chi connectivity index (χ1n) is 7.70. The van der Waals surface area contributed by atoms with Gasteiger partial charge < -0.3 is 9.84 Å². The van der Waals surface area contributed by atoms with E-state index in [1.54, 1.807) is 18.3 Å². The van der Waals surface area contributed by atoms with Crippen molar-refractivity contribution in [2.45, 2.75) is 25.1 Å². The molecule has 0 spiro atoms. The lowest BCUT2D eigenvalue weighted by molar-refractivity contribution is -0.137. The molecule has 1 aliphatic carbocycles. The molecule has 1 N–H and O–H groups in total. The zero-order valence-electron chi connectivity index (χ0n) is 13.3. The highest BCUT2D eigenvalue weighted by Crippen LogP contribution is 2.40. The molecule has 2 aromatic rings. The first-order valence-corrected chi connectivity index (χ1v) is 7.70. The molecule has 1 aromatic carbocycles. The predicted molar refractivity (Wildman–Crippen MR) is 86.7 cm³/mol. The fraction of sp³-hybridized carbons (Fsp3) is 0.211. The first-order chi connectivity index (χ1) is 11.9. The molecule has 1 atom stereocenters. The average molecular weight is 347 g/mol. The number of alkyl halides is 3. The maximum atomic E-state index is 12.9. The highest BCUT2D eigenvalue weighted by atomic mass is 19.4. The Morgan fingerprint density at radius 1 is 1.20 bits per heavy atom. The van der Waals surface area contributed by atoms with Crippen LogP contribution in [0.5, 0.6) is 5.75 Å². The molecule has 1 heterocycles. The zero-order valence-corrected chi connectivity index (χ0v) is 13.3. The van der Waals surface area contributed by atoms with Gasteiger partial charge in [-0.2, -0.15) is 13.2 Å². The summed E-state index contributed by atoms with van der Waals surface area (Å²) >= 11 is 0. The van der Waals surface area contributed by atoms with Crippen molar-refractivity contribution in [2.75, 3.05) is 0 Å². The van der Waals surface area contributed by atoms with E-state index in [1.807, 2.05) is 0 Å². The van der Waals surface area contributed by atoms with Crippen molar-refractivity contribution in [1.29, 1.82) is 0 Å². The van der Waals surface area contributed by atoms with E-state index >= 15 is 0 Å². The summed E-state index contributed by atoms with van der Waals surface area (Å²) in [5, 5.41) is 10.5. The molecule has 25 heavy (non-hydrogen) atoms. The van der Waals surface area contributed by atoms with E-state index < -0.39 is 17.8 Å². The van der Waals surface area contributed by atoms with Gasteiger partial charge in [0.25, 0.3) is 0 Å². The summed E-state index contributed by atoms with van der Waals surface area (Å²) in [4.78, 5) is 3.95. The monoisotopic (exact) mass is 347 g/mol. The van der Waals surface area contributed by atoms with Crippen LogP contribution in [0.4, 0.5) is 13.2 Å². The fourth-order valence-electron chi connectivity index (χ4n) is 2.37. The predicted octanol–water partition coefficient (Wildman–Crippen LogP) is 4.82. The second-order valence-corrected chi connectivity index (χ2v) is 5.77. The van der Waals surface area contributed by atoms with E-state index in [1.165, 1.54) is 18.3 Å². The van der Waals surface area contributed by atoms with E-state index in [-0.39, 0.29) is 5.75 Å². The fourth-order valence-corrected chi connectivity index (χ4v) is 2.37. The normalized spacial score (nSPS) is 14.8. The van der Waals surface area contributed by atoms with Crippen molar-refractivity contribution in [2.24, 2.45) is 0 Å². The van der Waals surface area contributed by atoms with Crippen LogP contribution in [0.1, 0.15) is 30.1 Å². The van der Waals surface area contributed by atoms with Crippen LogP contribution in [0, 0.1) is 0 Å². The van der Waals surface area contributed by atoms with Gasteiger partial charge in [-0.15, -0.1) is 0 Å². The summed E-state index contributed by atoms with van der Waals surface area (Å²) < 4.78 is 44.2. The summed E-state index contributed by atoms with van der Waals surface area (Å²) in [5.41, 5.74) is 0.978. The van der Waals surface area contributed by atoms with Crippen molar-refractivity contribution in [3.63, 3.8) is 0 Å². The van der Waals surface area contributed by atoms with Crippen LogP contribution in [0.15, 0.2) is 72.3 Å². The van der Waals surface area contributed by atoms with Crippen molar-refractivity contribution in [1.82, 2.24) is 4.98 Å². The first kappa shape index (κ1) is 17.2. The lowest BCUT2D eigenvalue weighted by Gasteiger charge is -2.18. The highest BCUT2D eigenvalue weighted by molar-refractivity contribution is 5.43. The molecule has 3 rings (SSSR count). The number of allylic oxidation sites excluding steroid dienone is 1. The van der Waals surface area contributed by atoms with Crippen LogP contribution in [-0.4, -0.2) is 10.1 Å². The van der Waals surface area contributed by atoms with Crippen LogP contribution >= 0.6 is 0 Å². The number of nitrogens with zero attached hydrogens (tertiary/aromatic N) is 1. The van der Waals surface area contributed by atoms with Crippen LogP contribution in [0.25, 0.3) is 0 Å². The minimum atomic E-state index is -4.45. The number of hydrogen-bond acceptors (Lipinski definition) is 3. The van der Waals surface area contributed by atoms with Crippen LogP contribution in [0.3, 0.4) is 0 Å². The molecular weight excluding hydrogens is 331 g/mol. The summed E-state index contributed by atoms with van der Waals surface area (Å²) in [6, 6.07) is 8.03. The number of aromatic nitrogens is 1. The molecule has 1 fully saturated rings. The third-order valence-corrected chi connectivity index (χ3v) is 3.82. The molecule has 3 nitrogen and oxygen atoms in total. The van der Waals surface area contributed by atoms with Gasteiger partial charge in [0.15, 0.2) is 0 Å². The molecular formula is C19H16F3NO2. The quantitative estimate of drug-likeness (QED) is 0.789. The standard InChI is InChI=1S/C19H16F3NO2/c1-12(17(24)14-4-3-9-23-11-14)18(13-7-8-13)25-16-6-2-5-15(10-16)19(20,21)22/h2-6,9-11,17,24H,1,7-8H2. The van der Waals surface area contributed by atoms with E-state index in [0.29, 0.717) is 16.9 Å². The van der Waals surface area contributed by atoms with Gasteiger partial charge in [0.05, 0.1) is 5.56 Å². The minimum Gasteiger partial charge on any atom is -0.457 e. The van der Waals surface area contributed by atoms with Gasteiger partial charge in [-0.05, 0) is 42.7 Å². The lowest BCUT2D eigenvalue weighted by atomic mass is 10.0. The van der Waals surface area contributed by atoms with E-state index in [9.17, 15) is 18.3 Å². The Balaban J connectivity index is 1.84. The number of aliphatic hydroxyl groups excluding tert-OH is 1. The Bertz CT molecular complexity index is 807. The summed E-state index contributed by atoms with van der Waals surface area (Å²) in [6.45, 7) is 3.88. The minimum absolute atomic E-state index is 0.0590. The zero-order chi connectivity index (χ0) is 18.0. The number of aliphatic hydroxyl groups is 1. The molecule has 0 radical (unpaired) electrons. The topological polar surface area (TPSA) is 42.4 Å². The second-order valence-electron chi connectivity index (χ2n) is 5.77. The maximum Gasteiger partial charge on any atom is 0.416 e. The van der Waals surface area contributed by atoms with Crippen LogP contribution in [-0.2, 0) is 6.18 Å². The summed E-state index contributed by atoms with van der Waals surface area (Å²) in [6.07, 6.45) is -0.852. The molecule has 1 unspecified atom stereocenters. The Hall–Kier alpha value is -2.60. The molecule has 0 saturated heterocycles. The number of hydrogen-bond donors (Lipinski definition) is 1. The van der Waals surface area contributed by atoms with Gasteiger partial charge in [-0.1, -0.05) is 18.7 Å². The van der Waals surface area contributed by atoms with E-state index in [2.05, 4.69) is 11.6 Å². The molecule has 1 saturated carbocycles. The van der Waals surface area contributed by atoms with Gasteiger partial charge >= 0.3 is 6.18 Å².